The van der Waals surface area contributed by atoms with Crippen LogP contribution in [0.2, 0.25) is 0 Å². The maximum Gasteiger partial charge on any atom is 0.401 e. The maximum atomic E-state index is 12.4. The van der Waals surface area contributed by atoms with Gasteiger partial charge in [-0.05, 0) is 33.4 Å². The van der Waals surface area contributed by atoms with E-state index in [1.165, 1.54) is 4.90 Å². The van der Waals surface area contributed by atoms with E-state index in [9.17, 15) is 18.0 Å². The minimum absolute atomic E-state index is 0.206. The standard InChI is InChI=1S/C12H23F3N2O2/c1-4-7-17(9-12(13,14)15)8-6-10(16-3)11(18)19-5-2/h10,16H,4-9H2,1-3H3. The fraction of sp³-hybridized carbons (Fsp3) is 0.917. The summed E-state index contributed by atoms with van der Waals surface area (Å²) in [7, 11) is 1.59. The highest BCUT2D eigenvalue weighted by Gasteiger charge is 2.30. The van der Waals surface area contributed by atoms with Gasteiger partial charge in [-0.3, -0.25) is 9.69 Å². The van der Waals surface area contributed by atoms with Gasteiger partial charge in [0.15, 0.2) is 0 Å². The number of hydrogen-bond acceptors (Lipinski definition) is 4. The molecule has 0 spiro atoms. The number of ether oxygens (including phenoxy) is 1. The predicted octanol–water partition coefficient (Wildman–Crippen LogP) is 1.80. The summed E-state index contributed by atoms with van der Waals surface area (Å²) in [5.41, 5.74) is 0. The Hall–Kier alpha value is -0.820. The summed E-state index contributed by atoms with van der Waals surface area (Å²) in [4.78, 5) is 12.8. The topological polar surface area (TPSA) is 41.6 Å². The first-order valence-corrected chi connectivity index (χ1v) is 6.47. The van der Waals surface area contributed by atoms with Crippen LogP contribution in [-0.2, 0) is 9.53 Å². The Morgan fingerprint density at radius 1 is 1.32 bits per heavy atom. The van der Waals surface area contributed by atoms with E-state index in [2.05, 4.69) is 5.32 Å². The minimum Gasteiger partial charge on any atom is -0.465 e. The zero-order valence-corrected chi connectivity index (χ0v) is 11.7. The molecular weight excluding hydrogens is 261 g/mol. The lowest BCUT2D eigenvalue weighted by Gasteiger charge is -2.24. The molecule has 0 aromatic heterocycles. The third kappa shape index (κ3) is 8.83. The lowest BCUT2D eigenvalue weighted by Crippen LogP contribution is -2.41. The molecule has 0 rings (SSSR count). The van der Waals surface area contributed by atoms with Gasteiger partial charge < -0.3 is 10.1 Å². The lowest BCUT2D eigenvalue weighted by molar-refractivity contribution is -0.148. The summed E-state index contributed by atoms with van der Waals surface area (Å²) in [5, 5.41) is 2.76. The molecule has 0 fully saturated rings. The molecule has 0 saturated carbocycles. The Bertz CT molecular complexity index is 260. The van der Waals surface area contributed by atoms with E-state index in [1.807, 2.05) is 6.92 Å². The van der Waals surface area contributed by atoms with E-state index in [4.69, 9.17) is 4.74 Å². The number of carbonyl (C=O) groups is 1. The maximum absolute atomic E-state index is 12.4. The summed E-state index contributed by atoms with van der Waals surface area (Å²) in [6.45, 7) is 3.40. The van der Waals surface area contributed by atoms with Crippen molar-refractivity contribution in [3.8, 4) is 0 Å². The van der Waals surface area contributed by atoms with Crippen LogP contribution in [0.15, 0.2) is 0 Å². The van der Waals surface area contributed by atoms with Crippen molar-refractivity contribution in [2.24, 2.45) is 0 Å². The first-order valence-electron chi connectivity index (χ1n) is 6.47. The van der Waals surface area contributed by atoms with Gasteiger partial charge >= 0.3 is 12.1 Å². The van der Waals surface area contributed by atoms with E-state index in [1.54, 1.807) is 14.0 Å². The summed E-state index contributed by atoms with van der Waals surface area (Å²) >= 11 is 0. The number of nitrogens with zero attached hydrogens (tertiary/aromatic N) is 1. The molecule has 0 aromatic carbocycles. The van der Waals surface area contributed by atoms with Crippen molar-refractivity contribution in [3.05, 3.63) is 0 Å². The van der Waals surface area contributed by atoms with Crippen LogP contribution in [0.4, 0.5) is 13.2 Å². The van der Waals surface area contributed by atoms with Gasteiger partial charge in [0.1, 0.15) is 6.04 Å². The molecule has 7 heteroatoms. The van der Waals surface area contributed by atoms with Crippen LogP contribution in [0.25, 0.3) is 0 Å². The van der Waals surface area contributed by atoms with Crippen molar-refractivity contribution in [2.45, 2.75) is 38.9 Å². The summed E-state index contributed by atoms with van der Waals surface area (Å²) in [6, 6.07) is -0.562. The highest BCUT2D eigenvalue weighted by atomic mass is 19.4. The quantitative estimate of drug-likeness (QED) is 0.656. The minimum atomic E-state index is -4.21. The first-order chi connectivity index (χ1) is 8.84. The Morgan fingerprint density at radius 3 is 2.37 bits per heavy atom. The largest absolute Gasteiger partial charge is 0.465 e. The molecule has 19 heavy (non-hydrogen) atoms. The van der Waals surface area contributed by atoms with Gasteiger partial charge in [0.25, 0.3) is 0 Å². The average Bonchev–Trinajstić information content (AvgIpc) is 2.28. The number of rotatable bonds is 9. The van der Waals surface area contributed by atoms with Crippen molar-refractivity contribution in [1.82, 2.24) is 10.2 Å². The Balaban J connectivity index is 4.31. The second kappa shape index (κ2) is 9.14. The van der Waals surface area contributed by atoms with E-state index >= 15 is 0 Å². The number of carbonyl (C=O) groups excluding carboxylic acids is 1. The van der Waals surface area contributed by atoms with Crippen LogP contribution in [-0.4, -0.2) is 56.4 Å². The van der Waals surface area contributed by atoms with Crippen LogP contribution in [0.5, 0.6) is 0 Å². The summed E-state index contributed by atoms with van der Waals surface area (Å²) in [5.74, 6) is -0.423. The third-order valence-corrected chi connectivity index (χ3v) is 2.60. The summed E-state index contributed by atoms with van der Waals surface area (Å²) in [6.07, 6.45) is -3.28. The zero-order valence-electron chi connectivity index (χ0n) is 11.7. The van der Waals surface area contributed by atoms with Crippen molar-refractivity contribution in [1.29, 1.82) is 0 Å². The Morgan fingerprint density at radius 2 is 1.95 bits per heavy atom. The average molecular weight is 284 g/mol. The van der Waals surface area contributed by atoms with Gasteiger partial charge in [-0.1, -0.05) is 6.92 Å². The number of alkyl halides is 3. The molecule has 1 unspecified atom stereocenters. The molecular formula is C12H23F3N2O2. The molecule has 114 valence electrons. The van der Waals surface area contributed by atoms with Gasteiger partial charge in [-0.15, -0.1) is 0 Å². The fourth-order valence-corrected chi connectivity index (χ4v) is 1.77. The van der Waals surface area contributed by atoms with E-state index in [0.717, 1.165) is 0 Å². The normalized spacial score (nSPS) is 13.6. The van der Waals surface area contributed by atoms with Gasteiger partial charge in [0, 0.05) is 6.54 Å². The van der Waals surface area contributed by atoms with E-state index in [-0.39, 0.29) is 13.2 Å². The highest BCUT2D eigenvalue weighted by Crippen LogP contribution is 2.17. The van der Waals surface area contributed by atoms with Gasteiger partial charge in [-0.25, -0.2) is 0 Å². The van der Waals surface area contributed by atoms with Crippen LogP contribution in [0.3, 0.4) is 0 Å². The second-order valence-electron chi connectivity index (χ2n) is 4.27. The number of likely N-dealkylation sites (N-methyl/N-ethyl adjacent to an activating group) is 1. The lowest BCUT2D eigenvalue weighted by atomic mass is 10.2. The fourth-order valence-electron chi connectivity index (χ4n) is 1.77. The van der Waals surface area contributed by atoms with Crippen LogP contribution in [0, 0.1) is 0 Å². The molecule has 1 N–H and O–H groups in total. The van der Waals surface area contributed by atoms with E-state index in [0.29, 0.717) is 19.4 Å². The van der Waals surface area contributed by atoms with Crippen molar-refractivity contribution in [2.75, 3.05) is 33.3 Å². The molecule has 4 nitrogen and oxygen atoms in total. The van der Waals surface area contributed by atoms with Crippen molar-refractivity contribution in [3.63, 3.8) is 0 Å². The SMILES string of the molecule is CCCN(CCC(NC)C(=O)OCC)CC(F)(F)F. The van der Waals surface area contributed by atoms with Crippen LogP contribution in [0.1, 0.15) is 26.7 Å². The van der Waals surface area contributed by atoms with Crippen LogP contribution < -0.4 is 5.32 Å². The van der Waals surface area contributed by atoms with Crippen molar-refractivity contribution >= 4 is 5.97 Å². The molecule has 0 bridgehead atoms. The molecule has 0 heterocycles. The smallest absolute Gasteiger partial charge is 0.401 e. The molecule has 0 aliphatic heterocycles. The molecule has 0 amide bonds. The predicted molar refractivity (Wildman–Crippen MR) is 66.9 cm³/mol. The third-order valence-electron chi connectivity index (χ3n) is 2.60. The number of esters is 1. The summed E-state index contributed by atoms with van der Waals surface area (Å²) < 4.78 is 41.9. The molecule has 1 atom stereocenters. The van der Waals surface area contributed by atoms with Gasteiger partial charge in [0.05, 0.1) is 13.2 Å². The Kier molecular flexibility index (Phi) is 8.75. The molecule has 0 aliphatic rings. The monoisotopic (exact) mass is 284 g/mol. The molecule has 0 radical (unpaired) electrons. The van der Waals surface area contributed by atoms with Gasteiger partial charge in [0.2, 0.25) is 0 Å². The number of hydrogen-bond donors (Lipinski definition) is 1. The zero-order chi connectivity index (χ0) is 14.9. The number of halogens is 3. The van der Waals surface area contributed by atoms with E-state index < -0.39 is 24.7 Å². The highest BCUT2D eigenvalue weighted by molar-refractivity contribution is 5.75. The Labute approximate surface area is 112 Å². The molecule has 0 aliphatic carbocycles. The van der Waals surface area contributed by atoms with Gasteiger partial charge in [-0.2, -0.15) is 13.2 Å². The first kappa shape index (κ1) is 18.2. The number of nitrogens with one attached hydrogen (secondary N) is 1. The molecule has 0 saturated heterocycles. The molecule has 0 aromatic rings. The van der Waals surface area contributed by atoms with Crippen LogP contribution >= 0.6 is 0 Å². The van der Waals surface area contributed by atoms with Crippen molar-refractivity contribution < 1.29 is 22.7 Å². The second-order valence-corrected chi connectivity index (χ2v) is 4.27.